The molecule has 1 aromatic carbocycles. The molecule has 6 nitrogen and oxygen atoms in total. The van der Waals surface area contributed by atoms with Crippen LogP contribution < -0.4 is 15.5 Å². The molecule has 1 aromatic rings. The predicted molar refractivity (Wildman–Crippen MR) is 110 cm³/mol. The SMILES string of the molecule is CCCNC(=NC)NCC(=O)N1CCN(c2ccccc2)CC1.I. The normalized spacial score (nSPS) is 14.8. The van der Waals surface area contributed by atoms with E-state index in [1.165, 1.54) is 5.69 Å². The third kappa shape index (κ3) is 6.18. The Morgan fingerprint density at radius 3 is 2.38 bits per heavy atom. The van der Waals surface area contributed by atoms with Crippen LogP contribution in [0, 0.1) is 0 Å². The van der Waals surface area contributed by atoms with Crippen molar-refractivity contribution in [3.63, 3.8) is 0 Å². The number of amides is 1. The second-order valence-corrected chi connectivity index (χ2v) is 5.56. The molecule has 0 atom stereocenters. The first-order chi connectivity index (χ1) is 11.2. The molecule has 24 heavy (non-hydrogen) atoms. The van der Waals surface area contributed by atoms with Gasteiger partial charge in [0.1, 0.15) is 0 Å². The van der Waals surface area contributed by atoms with Gasteiger partial charge in [0.15, 0.2) is 5.96 Å². The van der Waals surface area contributed by atoms with Gasteiger partial charge in [-0.25, -0.2) is 0 Å². The van der Waals surface area contributed by atoms with Gasteiger partial charge in [0.25, 0.3) is 0 Å². The number of aliphatic imine (C=N–C) groups is 1. The Kier molecular flexibility index (Phi) is 9.51. The quantitative estimate of drug-likeness (QED) is 0.410. The highest BCUT2D eigenvalue weighted by molar-refractivity contribution is 14.0. The summed E-state index contributed by atoms with van der Waals surface area (Å²) in [4.78, 5) is 20.6. The van der Waals surface area contributed by atoms with Crippen LogP contribution in [0.3, 0.4) is 0 Å². The van der Waals surface area contributed by atoms with Crippen molar-refractivity contribution >= 4 is 41.5 Å². The Bertz CT molecular complexity index is 515. The molecule has 2 N–H and O–H groups in total. The van der Waals surface area contributed by atoms with E-state index in [0.29, 0.717) is 5.96 Å². The molecule has 0 unspecified atom stereocenters. The molecule has 0 bridgehead atoms. The zero-order valence-corrected chi connectivity index (χ0v) is 16.8. The molecule has 0 spiro atoms. The van der Waals surface area contributed by atoms with Crippen LogP contribution in [0.4, 0.5) is 5.69 Å². The average Bonchev–Trinajstić information content (AvgIpc) is 2.62. The third-order valence-electron chi connectivity index (χ3n) is 3.93. The molecule has 1 saturated heterocycles. The molecule has 134 valence electrons. The maximum Gasteiger partial charge on any atom is 0.242 e. The molecule has 1 heterocycles. The molecule has 1 amide bonds. The van der Waals surface area contributed by atoms with E-state index in [1.54, 1.807) is 7.05 Å². The van der Waals surface area contributed by atoms with Gasteiger partial charge in [-0.3, -0.25) is 9.79 Å². The number of benzene rings is 1. The Morgan fingerprint density at radius 2 is 1.79 bits per heavy atom. The summed E-state index contributed by atoms with van der Waals surface area (Å²) in [5.74, 6) is 0.806. The lowest BCUT2D eigenvalue weighted by molar-refractivity contribution is -0.130. The highest BCUT2D eigenvalue weighted by Crippen LogP contribution is 2.15. The Balaban J connectivity index is 0.00000288. The van der Waals surface area contributed by atoms with Crippen LogP contribution >= 0.6 is 24.0 Å². The fourth-order valence-corrected chi connectivity index (χ4v) is 2.59. The first-order valence-electron chi connectivity index (χ1n) is 8.27. The number of piperazine rings is 1. The fraction of sp³-hybridized carbons (Fsp3) is 0.529. The van der Waals surface area contributed by atoms with Crippen LogP contribution in [0.25, 0.3) is 0 Å². The minimum Gasteiger partial charge on any atom is -0.368 e. The van der Waals surface area contributed by atoms with Gasteiger partial charge < -0.3 is 20.4 Å². The number of nitrogens with zero attached hydrogens (tertiary/aromatic N) is 3. The zero-order chi connectivity index (χ0) is 16.5. The van der Waals surface area contributed by atoms with Crippen molar-refractivity contribution in [2.75, 3.05) is 51.2 Å². The van der Waals surface area contributed by atoms with Crippen LogP contribution in [0.1, 0.15) is 13.3 Å². The summed E-state index contributed by atoms with van der Waals surface area (Å²) >= 11 is 0. The average molecular weight is 445 g/mol. The van der Waals surface area contributed by atoms with Gasteiger partial charge in [0.2, 0.25) is 5.91 Å². The number of rotatable bonds is 5. The Morgan fingerprint density at radius 1 is 1.12 bits per heavy atom. The number of hydrogen-bond donors (Lipinski definition) is 2. The monoisotopic (exact) mass is 445 g/mol. The van der Waals surface area contributed by atoms with Gasteiger partial charge in [0, 0.05) is 45.5 Å². The maximum atomic E-state index is 12.3. The molecule has 0 radical (unpaired) electrons. The number of nitrogens with one attached hydrogen (secondary N) is 2. The van der Waals surface area contributed by atoms with Crippen molar-refractivity contribution in [1.29, 1.82) is 0 Å². The van der Waals surface area contributed by atoms with Crippen LogP contribution in [0.5, 0.6) is 0 Å². The number of guanidine groups is 1. The van der Waals surface area contributed by atoms with Crippen LogP contribution in [0.2, 0.25) is 0 Å². The fourth-order valence-electron chi connectivity index (χ4n) is 2.59. The maximum absolute atomic E-state index is 12.3. The van der Waals surface area contributed by atoms with E-state index in [2.05, 4.69) is 39.6 Å². The summed E-state index contributed by atoms with van der Waals surface area (Å²) in [5, 5.41) is 6.24. The summed E-state index contributed by atoms with van der Waals surface area (Å²) in [7, 11) is 1.72. The molecule has 1 fully saturated rings. The number of hydrogen-bond acceptors (Lipinski definition) is 3. The van der Waals surface area contributed by atoms with Crippen LogP contribution in [-0.4, -0.2) is 63.1 Å². The molecule has 2 rings (SSSR count). The van der Waals surface area contributed by atoms with E-state index < -0.39 is 0 Å². The lowest BCUT2D eigenvalue weighted by Gasteiger charge is -2.36. The van der Waals surface area contributed by atoms with E-state index in [4.69, 9.17) is 0 Å². The van der Waals surface area contributed by atoms with Gasteiger partial charge in [-0.2, -0.15) is 0 Å². The van der Waals surface area contributed by atoms with Gasteiger partial charge in [-0.1, -0.05) is 25.1 Å². The molecular formula is C17H28IN5O. The van der Waals surface area contributed by atoms with Gasteiger partial charge in [-0.05, 0) is 18.6 Å². The van der Waals surface area contributed by atoms with Gasteiger partial charge in [0.05, 0.1) is 6.54 Å². The van der Waals surface area contributed by atoms with E-state index in [-0.39, 0.29) is 36.4 Å². The van der Waals surface area contributed by atoms with Crippen LogP contribution in [-0.2, 0) is 4.79 Å². The molecule has 7 heteroatoms. The second kappa shape index (κ2) is 11.1. The van der Waals surface area contributed by atoms with Crippen molar-refractivity contribution in [1.82, 2.24) is 15.5 Å². The number of carbonyl (C=O) groups is 1. The number of anilines is 1. The largest absolute Gasteiger partial charge is 0.368 e. The molecule has 0 aliphatic carbocycles. The standard InChI is InChI=1S/C17H27N5O.HI/c1-3-9-19-17(18-2)20-14-16(23)22-12-10-21(11-13-22)15-7-5-4-6-8-15;/h4-8H,3,9-14H2,1-2H3,(H2,18,19,20);1H. The summed E-state index contributed by atoms with van der Waals surface area (Å²) in [6.07, 6.45) is 1.02. The Hall–Kier alpha value is -1.51. The summed E-state index contributed by atoms with van der Waals surface area (Å²) in [6.45, 7) is 6.50. The lowest BCUT2D eigenvalue weighted by atomic mass is 10.2. The molecule has 0 saturated carbocycles. The smallest absolute Gasteiger partial charge is 0.242 e. The number of halogens is 1. The van der Waals surface area contributed by atoms with Gasteiger partial charge >= 0.3 is 0 Å². The molecule has 1 aliphatic heterocycles. The van der Waals surface area contributed by atoms with E-state index in [9.17, 15) is 4.79 Å². The topological polar surface area (TPSA) is 60.0 Å². The van der Waals surface area contributed by atoms with Crippen molar-refractivity contribution < 1.29 is 4.79 Å². The summed E-state index contributed by atoms with van der Waals surface area (Å²) in [6, 6.07) is 10.3. The second-order valence-electron chi connectivity index (χ2n) is 5.56. The van der Waals surface area contributed by atoms with E-state index in [1.807, 2.05) is 23.1 Å². The number of carbonyl (C=O) groups excluding carboxylic acids is 1. The van der Waals surface area contributed by atoms with Crippen molar-refractivity contribution in [3.8, 4) is 0 Å². The third-order valence-corrected chi connectivity index (χ3v) is 3.93. The highest BCUT2D eigenvalue weighted by Gasteiger charge is 2.21. The van der Waals surface area contributed by atoms with E-state index in [0.717, 1.165) is 39.1 Å². The molecular weight excluding hydrogens is 417 g/mol. The predicted octanol–water partition coefficient (Wildman–Crippen LogP) is 1.53. The minimum atomic E-state index is 0. The summed E-state index contributed by atoms with van der Waals surface area (Å²) < 4.78 is 0. The van der Waals surface area contributed by atoms with Crippen LogP contribution in [0.15, 0.2) is 35.3 Å². The number of para-hydroxylation sites is 1. The molecule has 1 aliphatic rings. The minimum absolute atomic E-state index is 0. The summed E-state index contributed by atoms with van der Waals surface area (Å²) in [5.41, 5.74) is 1.22. The van der Waals surface area contributed by atoms with Crippen molar-refractivity contribution in [2.45, 2.75) is 13.3 Å². The lowest BCUT2D eigenvalue weighted by Crippen LogP contribution is -2.52. The Labute approximate surface area is 161 Å². The molecule has 0 aromatic heterocycles. The van der Waals surface area contributed by atoms with Crippen molar-refractivity contribution in [3.05, 3.63) is 30.3 Å². The van der Waals surface area contributed by atoms with Gasteiger partial charge in [-0.15, -0.1) is 24.0 Å². The first-order valence-corrected chi connectivity index (χ1v) is 8.27. The zero-order valence-electron chi connectivity index (χ0n) is 14.5. The first kappa shape index (κ1) is 20.5. The van der Waals surface area contributed by atoms with Crippen molar-refractivity contribution in [2.24, 2.45) is 4.99 Å². The van der Waals surface area contributed by atoms with E-state index >= 15 is 0 Å². The highest BCUT2D eigenvalue weighted by atomic mass is 127.